The van der Waals surface area contributed by atoms with Gasteiger partial charge in [0, 0.05) is 17.4 Å². The lowest BCUT2D eigenvalue weighted by Crippen LogP contribution is -2.37. The number of ketones is 1. The van der Waals surface area contributed by atoms with Gasteiger partial charge >= 0.3 is 0 Å². The van der Waals surface area contributed by atoms with E-state index in [1.165, 1.54) is 12.1 Å². The molecule has 0 atom stereocenters. The van der Waals surface area contributed by atoms with Gasteiger partial charge in [0.1, 0.15) is 5.82 Å². The molecule has 2 rings (SSSR count). The van der Waals surface area contributed by atoms with Crippen LogP contribution in [0, 0.1) is 11.2 Å². The maximum absolute atomic E-state index is 13.0. The monoisotopic (exact) mass is 280 g/mol. The van der Waals surface area contributed by atoms with Crippen LogP contribution in [0.5, 0.6) is 0 Å². The van der Waals surface area contributed by atoms with Crippen LogP contribution in [0.1, 0.15) is 43.5 Å². The topological polar surface area (TPSA) is 35.5 Å². The number of benzene rings is 1. The van der Waals surface area contributed by atoms with Crippen molar-refractivity contribution in [2.75, 3.05) is 13.2 Å². The third kappa shape index (κ3) is 4.39. The van der Waals surface area contributed by atoms with Gasteiger partial charge in [0.2, 0.25) is 0 Å². The van der Waals surface area contributed by atoms with Gasteiger partial charge < -0.3 is 9.47 Å². The van der Waals surface area contributed by atoms with E-state index in [2.05, 4.69) is 13.8 Å². The van der Waals surface area contributed by atoms with Crippen LogP contribution in [0.2, 0.25) is 0 Å². The van der Waals surface area contributed by atoms with Gasteiger partial charge in [-0.1, -0.05) is 26.0 Å². The summed E-state index contributed by atoms with van der Waals surface area (Å²) in [5.74, 6) is -0.419. The molecule has 0 unspecified atom stereocenters. The summed E-state index contributed by atoms with van der Waals surface area (Å²) in [5, 5.41) is 0. The second kappa shape index (κ2) is 6.46. The van der Waals surface area contributed by atoms with E-state index in [9.17, 15) is 9.18 Å². The molecule has 0 amide bonds. The maximum atomic E-state index is 13.0. The molecule has 0 spiro atoms. The summed E-state index contributed by atoms with van der Waals surface area (Å²) in [6, 6.07) is 5.81. The van der Waals surface area contributed by atoms with Crippen LogP contribution in [0.15, 0.2) is 24.3 Å². The lowest BCUT2D eigenvalue weighted by atomic mass is 9.95. The molecule has 1 aromatic carbocycles. The molecule has 4 heteroatoms. The van der Waals surface area contributed by atoms with Gasteiger partial charge in [-0.15, -0.1) is 0 Å². The number of hydrogen-bond donors (Lipinski definition) is 0. The SMILES string of the molecule is CC1(C)COC(CCCC(=O)c2cccc(F)c2)OC1. The number of hydrogen-bond acceptors (Lipinski definition) is 3. The number of Topliss-reactive ketones (excluding diaryl/α,β-unsaturated/α-hetero) is 1. The van der Waals surface area contributed by atoms with E-state index in [4.69, 9.17) is 9.47 Å². The van der Waals surface area contributed by atoms with Gasteiger partial charge in [-0.2, -0.15) is 0 Å². The Kier molecular flexibility index (Phi) is 4.89. The van der Waals surface area contributed by atoms with Crippen molar-refractivity contribution in [2.24, 2.45) is 5.41 Å². The van der Waals surface area contributed by atoms with Gasteiger partial charge in [-0.05, 0) is 25.0 Å². The highest BCUT2D eigenvalue weighted by atomic mass is 19.1. The molecule has 110 valence electrons. The van der Waals surface area contributed by atoms with Crippen molar-refractivity contribution in [3.8, 4) is 0 Å². The van der Waals surface area contributed by atoms with E-state index < -0.39 is 0 Å². The lowest BCUT2D eigenvalue weighted by molar-refractivity contribution is -0.223. The Morgan fingerprint density at radius 2 is 2.05 bits per heavy atom. The Morgan fingerprint density at radius 3 is 2.70 bits per heavy atom. The van der Waals surface area contributed by atoms with Gasteiger partial charge in [-0.25, -0.2) is 4.39 Å². The summed E-state index contributed by atoms with van der Waals surface area (Å²) >= 11 is 0. The zero-order valence-corrected chi connectivity index (χ0v) is 12.0. The first-order chi connectivity index (χ1) is 9.46. The van der Waals surface area contributed by atoms with E-state index in [1.54, 1.807) is 12.1 Å². The minimum atomic E-state index is -0.378. The number of halogens is 1. The van der Waals surface area contributed by atoms with Crippen LogP contribution in [0.3, 0.4) is 0 Å². The number of rotatable bonds is 5. The third-order valence-corrected chi connectivity index (χ3v) is 3.31. The van der Waals surface area contributed by atoms with Crippen molar-refractivity contribution in [3.05, 3.63) is 35.6 Å². The predicted molar refractivity (Wildman–Crippen MR) is 74.1 cm³/mol. The summed E-state index contributed by atoms with van der Waals surface area (Å²) in [5.41, 5.74) is 0.491. The maximum Gasteiger partial charge on any atom is 0.162 e. The first-order valence-electron chi connectivity index (χ1n) is 6.98. The van der Waals surface area contributed by atoms with Crippen molar-refractivity contribution in [1.82, 2.24) is 0 Å². The van der Waals surface area contributed by atoms with E-state index in [0.29, 0.717) is 38.0 Å². The first kappa shape index (κ1) is 15.1. The highest BCUT2D eigenvalue weighted by molar-refractivity contribution is 5.95. The molecule has 0 aromatic heterocycles. The van der Waals surface area contributed by atoms with Crippen molar-refractivity contribution < 1.29 is 18.7 Å². The standard InChI is InChI=1S/C16H21FO3/c1-16(2)10-19-15(20-11-16)8-4-7-14(18)12-5-3-6-13(17)9-12/h3,5-6,9,15H,4,7-8,10-11H2,1-2H3. The molecule has 1 aliphatic rings. The quantitative estimate of drug-likeness (QED) is 0.773. The average Bonchev–Trinajstić information content (AvgIpc) is 2.40. The van der Waals surface area contributed by atoms with Crippen molar-refractivity contribution in [2.45, 2.75) is 39.4 Å². The molecular formula is C16H21FO3. The zero-order valence-electron chi connectivity index (χ0n) is 12.0. The molecule has 3 nitrogen and oxygen atoms in total. The molecule has 0 radical (unpaired) electrons. The Hall–Kier alpha value is -1.26. The minimum absolute atomic E-state index is 0.0411. The Bertz CT molecular complexity index is 461. The second-order valence-corrected chi connectivity index (χ2v) is 6.04. The summed E-state index contributed by atoms with van der Waals surface area (Å²) in [6.07, 6.45) is 1.54. The number of carbonyl (C=O) groups excluding carboxylic acids is 1. The highest BCUT2D eigenvalue weighted by Gasteiger charge is 2.27. The lowest BCUT2D eigenvalue weighted by Gasteiger charge is -2.34. The van der Waals surface area contributed by atoms with Crippen LogP contribution < -0.4 is 0 Å². The summed E-state index contributed by atoms with van der Waals surface area (Å²) in [7, 11) is 0. The molecule has 0 bridgehead atoms. The summed E-state index contributed by atoms with van der Waals surface area (Å²) < 4.78 is 24.2. The smallest absolute Gasteiger partial charge is 0.162 e. The van der Waals surface area contributed by atoms with E-state index in [-0.39, 0.29) is 23.3 Å². The second-order valence-electron chi connectivity index (χ2n) is 6.04. The van der Waals surface area contributed by atoms with Crippen molar-refractivity contribution >= 4 is 5.78 Å². The largest absolute Gasteiger partial charge is 0.352 e. The Morgan fingerprint density at radius 1 is 1.35 bits per heavy atom. The van der Waals surface area contributed by atoms with Crippen LogP contribution in [-0.4, -0.2) is 25.3 Å². The predicted octanol–water partition coefficient (Wildman–Crippen LogP) is 3.58. The average molecular weight is 280 g/mol. The number of ether oxygens (including phenoxy) is 2. The molecule has 1 aliphatic heterocycles. The van der Waals surface area contributed by atoms with Gasteiger partial charge in [0.25, 0.3) is 0 Å². The molecule has 1 saturated heterocycles. The molecule has 20 heavy (non-hydrogen) atoms. The van der Waals surface area contributed by atoms with Crippen LogP contribution >= 0.6 is 0 Å². The van der Waals surface area contributed by atoms with E-state index in [0.717, 1.165) is 0 Å². The fraction of sp³-hybridized carbons (Fsp3) is 0.562. The van der Waals surface area contributed by atoms with E-state index in [1.807, 2.05) is 0 Å². The molecular weight excluding hydrogens is 259 g/mol. The van der Waals surface area contributed by atoms with Crippen molar-refractivity contribution in [1.29, 1.82) is 0 Å². The molecule has 0 N–H and O–H groups in total. The van der Waals surface area contributed by atoms with Gasteiger partial charge in [-0.3, -0.25) is 4.79 Å². The highest BCUT2D eigenvalue weighted by Crippen LogP contribution is 2.25. The first-order valence-corrected chi connectivity index (χ1v) is 6.98. The zero-order chi connectivity index (χ0) is 14.6. The minimum Gasteiger partial charge on any atom is -0.352 e. The molecule has 0 saturated carbocycles. The van der Waals surface area contributed by atoms with Crippen LogP contribution in [0.4, 0.5) is 4.39 Å². The van der Waals surface area contributed by atoms with Crippen LogP contribution in [-0.2, 0) is 9.47 Å². The molecule has 0 aliphatic carbocycles. The fourth-order valence-electron chi connectivity index (χ4n) is 2.13. The van der Waals surface area contributed by atoms with Gasteiger partial charge in [0.15, 0.2) is 12.1 Å². The third-order valence-electron chi connectivity index (χ3n) is 3.31. The number of carbonyl (C=O) groups is 1. The Labute approximate surface area is 119 Å². The normalized spacial score (nSPS) is 18.9. The van der Waals surface area contributed by atoms with Crippen molar-refractivity contribution in [3.63, 3.8) is 0 Å². The van der Waals surface area contributed by atoms with E-state index >= 15 is 0 Å². The van der Waals surface area contributed by atoms with Crippen LogP contribution in [0.25, 0.3) is 0 Å². The molecule has 1 heterocycles. The Balaban J connectivity index is 1.72. The summed E-state index contributed by atoms with van der Waals surface area (Å²) in [4.78, 5) is 11.9. The fourth-order valence-corrected chi connectivity index (χ4v) is 2.13. The molecule has 1 aromatic rings. The van der Waals surface area contributed by atoms with Gasteiger partial charge in [0.05, 0.1) is 13.2 Å². The molecule has 1 fully saturated rings. The summed E-state index contributed by atoms with van der Waals surface area (Å²) in [6.45, 7) is 5.54.